The van der Waals surface area contributed by atoms with Crippen molar-refractivity contribution in [2.75, 3.05) is 24.8 Å². The Balaban J connectivity index is 2.52. The van der Waals surface area contributed by atoms with Crippen LogP contribution in [0.2, 0.25) is 0 Å². The van der Waals surface area contributed by atoms with Crippen molar-refractivity contribution in [2.45, 2.75) is 25.6 Å². The number of thioether (sulfide) groups is 1. The third-order valence-electron chi connectivity index (χ3n) is 2.23. The summed E-state index contributed by atoms with van der Waals surface area (Å²) in [4.78, 5) is 0. The summed E-state index contributed by atoms with van der Waals surface area (Å²) in [7, 11) is 1.73. The van der Waals surface area contributed by atoms with E-state index in [0.29, 0.717) is 6.04 Å². The minimum atomic E-state index is 0.346. The van der Waals surface area contributed by atoms with Crippen LogP contribution in [-0.4, -0.2) is 25.5 Å². The predicted octanol–water partition coefficient (Wildman–Crippen LogP) is 3.39. The highest BCUT2D eigenvalue weighted by Crippen LogP contribution is 2.16. The molecule has 1 atom stereocenters. The molecule has 0 radical (unpaired) electrons. The molecular weight excluding hydrogens is 218 g/mol. The number of hydrogen-bond donors (Lipinski definition) is 1. The van der Waals surface area contributed by atoms with E-state index in [1.54, 1.807) is 7.11 Å². The van der Waals surface area contributed by atoms with Gasteiger partial charge < -0.3 is 10.1 Å². The molecule has 3 heteroatoms. The Morgan fingerprint density at radius 3 is 2.94 bits per heavy atom. The van der Waals surface area contributed by atoms with Crippen LogP contribution >= 0.6 is 11.8 Å². The van der Waals surface area contributed by atoms with E-state index in [2.05, 4.69) is 43.4 Å². The number of anilines is 1. The van der Waals surface area contributed by atoms with Crippen molar-refractivity contribution in [1.29, 1.82) is 0 Å². The Morgan fingerprint density at radius 2 is 2.25 bits per heavy atom. The van der Waals surface area contributed by atoms with Crippen LogP contribution in [0.25, 0.3) is 0 Å². The van der Waals surface area contributed by atoms with Gasteiger partial charge in [0, 0.05) is 24.6 Å². The minimum Gasteiger partial charge on any atom is -0.383 e. The highest BCUT2D eigenvalue weighted by atomic mass is 32.2. The van der Waals surface area contributed by atoms with Gasteiger partial charge in [0.25, 0.3) is 0 Å². The summed E-state index contributed by atoms with van der Waals surface area (Å²) >= 11 is 1.95. The van der Waals surface area contributed by atoms with Crippen molar-refractivity contribution in [3.63, 3.8) is 0 Å². The van der Waals surface area contributed by atoms with E-state index in [0.717, 1.165) is 18.1 Å². The van der Waals surface area contributed by atoms with E-state index in [-0.39, 0.29) is 0 Å². The molecule has 0 saturated carbocycles. The van der Waals surface area contributed by atoms with Crippen LogP contribution in [0.1, 0.15) is 19.4 Å². The summed E-state index contributed by atoms with van der Waals surface area (Å²) in [6, 6.07) is 8.95. The van der Waals surface area contributed by atoms with Crippen molar-refractivity contribution in [2.24, 2.45) is 0 Å². The number of ether oxygens (including phenoxy) is 1. The topological polar surface area (TPSA) is 21.3 Å². The number of methoxy groups -OCH3 is 1. The number of benzene rings is 1. The van der Waals surface area contributed by atoms with Gasteiger partial charge in [0.05, 0.1) is 6.61 Å². The molecule has 0 aliphatic carbocycles. The largest absolute Gasteiger partial charge is 0.383 e. The molecule has 0 bridgehead atoms. The Bertz CT molecular complexity index is 304. The first kappa shape index (κ1) is 13.4. The molecule has 16 heavy (non-hydrogen) atoms. The molecular formula is C13H21NOS. The summed E-state index contributed by atoms with van der Waals surface area (Å²) in [6.45, 7) is 5.04. The van der Waals surface area contributed by atoms with Crippen LogP contribution in [0.4, 0.5) is 5.69 Å². The molecule has 0 fully saturated rings. The van der Waals surface area contributed by atoms with Crippen molar-refractivity contribution >= 4 is 17.4 Å². The molecule has 1 aromatic carbocycles. The summed E-state index contributed by atoms with van der Waals surface area (Å²) in [6.07, 6.45) is 0. The third kappa shape index (κ3) is 4.90. The van der Waals surface area contributed by atoms with Gasteiger partial charge in [0.2, 0.25) is 0 Å². The quantitative estimate of drug-likeness (QED) is 0.788. The average molecular weight is 239 g/mol. The Morgan fingerprint density at radius 1 is 1.44 bits per heavy atom. The fourth-order valence-corrected chi connectivity index (χ4v) is 2.17. The first-order chi connectivity index (χ1) is 7.76. The van der Waals surface area contributed by atoms with Crippen LogP contribution < -0.4 is 5.32 Å². The fraction of sp³-hybridized carbons (Fsp3) is 0.538. The second kappa shape index (κ2) is 7.58. The van der Waals surface area contributed by atoms with E-state index in [4.69, 9.17) is 4.74 Å². The summed E-state index contributed by atoms with van der Waals surface area (Å²) < 4.78 is 5.10. The SMILES string of the molecule is CCSCc1cccc(NC(C)COC)c1. The van der Waals surface area contributed by atoms with E-state index in [9.17, 15) is 0 Å². The maximum Gasteiger partial charge on any atom is 0.0661 e. The summed E-state index contributed by atoms with van der Waals surface area (Å²) in [5.74, 6) is 2.25. The van der Waals surface area contributed by atoms with Gasteiger partial charge in [-0.25, -0.2) is 0 Å². The van der Waals surface area contributed by atoms with Crippen LogP contribution in [0.5, 0.6) is 0 Å². The maximum atomic E-state index is 5.10. The molecule has 1 aromatic rings. The fourth-order valence-electron chi connectivity index (χ4n) is 1.55. The number of rotatable bonds is 7. The Hall–Kier alpha value is -0.670. The Labute approximate surface area is 103 Å². The van der Waals surface area contributed by atoms with Gasteiger partial charge >= 0.3 is 0 Å². The highest BCUT2D eigenvalue weighted by molar-refractivity contribution is 7.98. The lowest BCUT2D eigenvalue weighted by atomic mass is 10.2. The van der Waals surface area contributed by atoms with Crippen molar-refractivity contribution in [1.82, 2.24) is 0 Å². The monoisotopic (exact) mass is 239 g/mol. The average Bonchev–Trinajstić information content (AvgIpc) is 2.27. The normalized spacial score (nSPS) is 12.4. The minimum absolute atomic E-state index is 0.346. The molecule has 1 rings (SSSR count). The van der Waals surface area contributed by atoms with E-state index in [1.165, 1.54) is 11.3 Å². The number of hydrogen-bond acceptors (Lipinski definition) is 3. The Kier molecular flexibility index (Phi) is 6.34. The zero-order valence-electron chi connectivity index (χ0n) is 10.3. The zero-order valence-corrected chi connectivity index (χ0v) is 11.1. The third-order valence-corrected chi connectivity index (χ3v) is 3.18. The van der Waals surface area contributed by atoms with E-state index >= 15 is 0 Å². The van der Waals surface area contributed by atoms with Crippen molar-refractivity contribution < 1.29 is 4.74 Å². The van der Waals surface area contributed by atoms with Crippen LogP contribution in [0.15, 0.2) is 24.3 Å². The van der Waals surface area contributed by atoms with Gasteiger partial charge in [0.1, 0.15) is 0 Å². The lowest BCUT2D eigenvalue weighted by Gasteiger charge is -2.14. The van der Waals surface area contributed by atoms with Crippen LogP contribution in [0.3, 0.4) is 0 Å². The van der Waals surface area contributed by atoms with Crippen LogP contribution in [0, 0.1) is 0 Å². The number of nitrogens with one attached hydrogen (secondary N) is 1. The molecule has 0 aromatic heterocycles. The lowest BCUT2D eigenvalue weighted by Crippen LogP contribution is -2.20. The second-order valence-corrected chi connectivity index (χ2v) is 5.11. The molecule has 0 spiro atoms. The first-order valence-electron chi connectivity index (χ1n) is 5.68. The molecule has 0 heterocycles. The standard InChI is InChI=1S/C13H21NOS/c1-4-16-10-12-6-5-7-13(8-12)14-11(2)9-15-3/h5-8,11,14H,4,9-10H2,1-3H3. The van der Waals surface area contributed by atoms with Gasteiger partial charge in [-0.3, -0.25) is 0 Å². The molecule has 0 saturated heterocycles. The molecule has 1 unspecified atom stereocenters. The van der Waals surface area contributed by atoms with Gasteiger partial charge in [0.15, 0.2) is 0 Å². The predicted molar refractivity (Wildman–Crippen MR) is 73.2 cm³/mol. The van der Waals surface area contributed by atoms with E-state index in [1.807, 2.05) is 11.8 Å². The smallest absolute Gasteiger partial charge is 0.0661 e. The second-order valence-electron chi connectivity index (χ2n) is 3.84. The van der Waals surface area contributed by atoms with Crippen molar-refractivity contribution in [3.8, 4) is 0 Å². The molecule has 2 nitrogen and oxygen atoms in total. The summed E-state index contributed by atoms with van der Waals surface area (Å²) in [5.41, 5.74) is 2.56. The molecule has 90 valence electrons. The molecule has 0 amide bonds. The zero-order chi connectivity index (χ0) is 11.8. The van der Waals surface area contributed by atoms with Gasteiger partial charge in [-0.1, -0.05) is 19.1 Å². The molecule has 1 N–H and O–H groups in total. The highest BCUT2D eigenvalue weighted by Gasteiger charge is 2.01. The first-order valence-corrected chi connectivity index (χ1v) is 6.84. The van der Waals surface area contributed by atoms with Crippen LogP contribution in [-0.2, 0) is 10.5 Å². The van der Waals surface area contributed by atoms with Gasteiger partial charge in [-0.05, 0) is 30.4 Å². The molecule has 0 aliphatic rings. The summed E-state index contributed by atoms with van der Waals surface area (Å²) in [5, 5.41) is 3.43. The van der Waals surface area contributed by atoms with Gasteiger partial charge in [-0.2, -0.15) is 11.8 Å². The van der Waals surface area contributed by atoms with Crippen molar-refractivity contribution in [3.05, 3.63) is 29.8 Å². The van der Waals surface area contributed by atoms with E-state index < -0.39 is 0 Å². The lowest BCUT2D eigenvalue weighted by molar-refractivity contribution is 0.190. The molecule has 0 aliphatic heterocycles. The van der Waals surface area contributed by atoms with Gasteiger partial charge in [-0.15, -0.1) is 0 Å². The maximum absolute atomic E-state index is 5.10.